The Morgan fingerprint density at radius 1 is 1.40 bits per heavy atom. The Morgan fingerprint density at radius 2 is 2.28 bits per heavy atom. The number of rotatable bonds is 7. The Kier molecular flexibility index (Phi) is 4.35. The Morgan fingerprint density at radius 3 is 3.08 bits per heavy atom. The van der Waals surface area contributed by atoms with Crippen LogP contribution in [0.5, 0.6) is 5.75 Å². The van der Waals surface area contributed by atoms with Crippen LogP contribution in [0, 0.1) is 0 Å². The zero-order chi connectivity index (χ0) is 17.2. The van der Waals surface area contributed by atoms with Gasteiger partial charge in [0.25, 0.3) is 0 Å². The third-order valence-electron chi connectivity index (χ3n) is 4.21. The van der Waals surface area contributed by atoms with Crippen molar-refractivity contribution in [1.29, 1.82) is 0 Å². The Labute approximate surface area is 149 Å². The molecule has 4 rings (SSSR count). The summed E-state index contributed by atoms with van der Waals surface area (Å²) >= 11 is 1.47. The summed E-state index contributed by atoms with van der Waals surface area (Å²) in [6.45, 7) is 0.426. The van der Waals surface area contributed by atoms with Gasteiger partial charge in [0.2, 0.25) is 10.9 Å². The Bertz CT molecular complexity index is 899. The molecule has 1 aromatic carbocycles. The topological polar surface area (TPSA) is 81.4 Å². The van der Waals surface area contributed by atoms with Crippen molar-refractivity contribution in [2.75, 3.05) is 7.11 Å². The van der Waals surface area contributed by atoms with E-state index in [1.807, 2.05) is 28.8 Å². The average molecular weight is 357 g/mol. The van der Waals surface area contributed by atoms with Gasteiger partial charge in [0.1, 0.15) is 10.8 Å². The van der Waals surface area contributed by atoms with Gasteiger partial charge in [-0.25, -0.2) is 0 Å². The number of carbonyl (C=O) groups is 1. The largest absolute Gasteiger partial charge is 0.497 e. The summed E-state index contributed by atoms with van der Waals surface area (Å²) in [6, 6.07) is 7.78. The smallest absolute Gasteiger partial charge is 0.234 e. The highest BCUT2D eigenvalue weighted by molar-refractivity contribution is 7.16. The molecule has 1 aliphatic rings. The van der Waals surface area contributed by atoms with Gasteiger partial charge in [0.05, 0.1) is 13.7 Å². The van der Waals surface area contributed by atoms with Gasteiger partial charge >= 0.3 is 0 Å². The Balaban J connectivity index is 1.31. The summed E-state index contributed by atoms with van der Waals surface area (Å²) in [6.07, 6.45) is 3.44. The minimum atomic E-state index is 0.0104. The fourth-order valence-electron chi connectivity index (χ4n) is 2.69. The second kappa shape index (κ2) is 6.79. The first-order valence-corrected chi connectivity index (χ1v) is 9.15. The predicted octanol–water partition coefficient (Wildman–Crippen LogP) is 2.32. The fraction of sp³-hybridized carbons (Fsp3) is 0.412. The molecule has 25 heavy (non-hydrogen) atoms. The van der Waals surface area contributed by atoms with Crippen molar-refractivity contribution in [2.45, 2.75) is 38.1 Å². The lowest BCUT2D eigenvalue weighted by Gasteiger charge is -2.05. The minimum absolute atomic E-state index is 0.0104. The van der Waals surface area contributed by atoms with Crippen molar-refractivity contribution in [3.8, 4) is 5.75 Å². The first kappa shape index (κ1) is 16.0. The van der Waals surface area contributed by atoms with E-state index in [0.717, 1.165) is 39.9 Å². The maximum atomic E-state index is 12.1. The van der Waals surface area contributed by atoms with Crippen molar-refractivity contribution >= 4 is 22.2 Å². The van der Waals surface area contributed by atoms with Gasteiger partial charge in [-0.3, -0.25) is 4.79 Å². The second-order valence-corrected chi connectivity index (χ2v) is 7.19. The van der Waals surface area contributed by atoms with Crippen LogP contribution in [0.2, 0.25) is 0 Å². The number of hydrogen-bond donors (Lipinski definition) is 1. The summed E-state index contributed by atoms with van der Waals surface area (Å²) in [5, 5.41) is 16.7. The number of aryl methyl sites for hydroxylation is 1. The number of carbonyl (C=O) groups excluding carboxylic acids is 1. The van der Waals surface area contributed by atoms with Crippen molar-refractivity contribution in [2.24, 2.45) is 0 Å². The van der Waals surface area contributed by atoms with Crippen LogP contribution >= 0.6 is 11.3 Å². The van der Waals surface area contributed by atoms with Crippen LogP contribution in [-0.4, -0.2) is 32.8 Å². The van der Waals surface area contributed by atoms with Crippen molar-refractivity contribution in [1.82, 2.24) is 25.1 Å². The molecule has 0 unspecified atom stereocenters. The van der Waals surface area contributed by atoms with E-state index in [4.69, 9.17) is 4.74 Å². The van der Waals surface area contributed by atoms with E-state index >= 15 is 0 Å². The lowest BCUT2D eigenvalue weighted by Crippen LogP contribution is -2.23. The van der Waals surface area contributed by atoms with Gasteiger partial charge in [-0.15, -0.1) is 10.2 Å². The lowest BCUT2D eigenvalue weighted by molar-refractivity contribution is -0.121. The molecule has 8 heteroatoms. The van der Waals surface area contributed by atoms with E-state index < -0.39 is 0 Å². The second-order valence-electron chi connectivity index (χ2n) is 6.15. The van der Waals surface area contributed by atoms with Crippen LogP contribution in [-0.2, 0) is 17.8 Å². The molecule has 0 saturated heterocycles. The van der Waals surface area contributed by atoms with Crippen LogP contribution in [0.25, 0.3) is 4.96 Å². The zero-order valence-corrected chi connectivity index (χ0v) is 14.8. The summed E-state index contributed by atoms with van der Waals surface area (Å²) in [4.78, 5) is 12.9. The van der Waals surface area contributed by atoms with Gasteiger partial charge in [0.15, 0.2) is 5.82 Å². The quantitative estimate of drug-likeness (QED) is 0.702. The zero-order valence-electron chi connectivity index (χ0n) is 13.9. The molecule has 0 radical (unpaired) electrons. The van der Waals surface area contributed by atoms with Crippen LogP contribution in [0.3, 0.4) is 0 Å². The molecule has 0 spiro atoms. The van der Waals surface area contributed by atoms with E-state index in [-0.39, 0.29) is 5.91 Å². The van der Waals surface area contributed by atoms with E-state index in [9.17, 15) is 4.79 Å². The van der Waals surface area contributed by atoms with Gasteiger partial charge in [-0.1, -0.05) is 23.5 Å². The molecule has 7 nitrogen and oxygen atoms in total. The monoisotopic (exact) mass is 357 g/mol. The average Bonchev–Trinajstić information content (AvgIpc) is 3.27. The van der Waals surface area contributed by atoms with E-state index in [0.29, 0.717) is 25.3 Å². The molecule has 3 aromatic rings. The predicted molar refractivity (Wildman–Crippen MR) is 93.8 cm³/mol. The highest BCUT2D eigenvalue weighted by Gasteiger charge is 2.30. The number of nitrogens with zero attached hydrogens (tertiary/aromatic N) is 4. The van der Waals surface area contributed by atoms with E-state index in [1.54, 1.807) is 7.11 Å². The molecule has 2 heterocycles. The molecule has 2 aromatic heterocycles. The van der Waals surface area contributed by atoms with Gasteiger partial charge < -0.3 is 10.1 Å². The molecule has 1 amide bonds. The van der Waals surface area contributed by atoms with Crippen LogP contribution in [0.1, 0.15) is 41.6 Å². The first-order chi connectivity index (χ1) is 12.2. The minimum Gasteiger partial charge on any atom is -0.497 e. The number of hydrogen-bond acceptors (Lipinski definition) is 6. The van der Waals surface area contributed by atoms with Gasteiger partial charge in [-0.2, -0.15) is 9.61 Å². The Hall–Kier alpha value is -2.48. The molecule has 1 N–H and O–H groups in total. The number of aromatic nitrogens is 4. The number of benzene rings is 1. The van der Waals surface area contributed by atoms with Gasteiger partial charge in [-0.05, 0) is 37.0 Å². The van der Waals surface area contributed by atoms with Crippen molar-refractivity contribution in [3.05, 3.63) is 40.7 Å². The molecule has 130 valence electrons. The molecule has 1 saturated carbocycles. The number of fused-ring (bicyclic) bond motifs is 1. The summed E-state index contributed by atoms with van der Waals surface area (Å²) in [5.74, 6) is 2.27. The highest BCUT2D eigenvalue weighted by atomic mass is 32.1. The summed E-state index contributed by atoms with van der Waals surface area (Å²) in [5.41, 5.74) is 1.09. The molecule has 1 fully saturated rings. The number of amides is 1. The summed E-state index contributed by atoms with van der Waals surface area (Å²) in [7, 11) is 1.64. The van der Waals surface area contributed by atoms with Crippen LogP contribution < -0.4 is 10.1 Å². The molecule has 1 aliphatic carbocycles. The lowest BCUT2D eigenvalue weighted by atomic mass is 10.1. The number of ether oxygens (including phenoxy) is 1. The standard InChI is InChI=1S/C17H19N5O2S/c1-24-13-4-2-3-11(9-13)5-8-14(23)18-10-15-21-22-16(12-6-7-12)19-20-17(22)25-15/h2-4,9,12H,5-8,10H2,1H3,(H,18,23). The molecule has 0 atom stereocenters. The number of methoxy groups -OCH3 is 1. The fourth-order valence-corrected chi connectivity index (χ4v) is 3.47. The molecule has 0 aliphatic heterocycles. The molecular formula is C17H19N5O2S. The van der Waals surface area contributed by atoms with Crippen LogP contribution in [0.4, 0.5) is 0 Å². The molecular weight excluding hydrogens is 338 g/mol. The van der Waals surface area contributed by atoms with E-state index in [2.05, 4.69) is 20.6 Å². The van der Waals surface area contributed by atoms with E-state index in [1.165, 1.54) is 11.3 Å². The maximum Gasteiger partial charge on any atom is 0.234 e. The van der Waals surface area contributed by atoms with Gasteiger partial charge in [0, 0.05) is 12.3 Å². The number of nitrogens with one attached hydrogen (secondary N) is 1. The first-order valence-electron chi connectivity index (χ1n) is 8.33. The normalized spacial score (nSPS) is 14.0. The van der Waals surface area contributed by atoms with Crippen molar-refractivity contribution < 1.29 is 9.53 Å². The maximum absolute atomic E-state index is 12.1. The van der Waals surface area contributed by atoms with Crippen molar-refractivity contribution in [3.63, 3.8) is 0 Å². The third-order valence-corrected chi connectivity index (χ3v) is 5.11. The van der Waals surface area contributed by atoms with Crippen LogP contribution in [0.15, 0.2) is 24.3 Å². The third kappa shape index (κ3) is 3.63. The molecule has 0 bridgehead atoms. The summed E-state index contributed by atoms with van der Waals surface area (Å²) < 4.78 is 7.02. The highest BCUT2D eigenvalue weighted by Crippen LogP contribution is 2.39. The SMILES string of the molecule is COc1cccc(CCC(=O)NCc2nn3c(C4CC4)nnc3s2)c1.